The van der Waals surface area contributed by atoms with Crippen molar-refractivity contribution in [3.8, 4) is 0 Å². The van der Waals surface area contributed by atoms with Crippen LogP contribution in [0, 0.1) is 6.92 Å². The molecule has 0 fully saturated rings. The summed E-state index contributed by atoms with van der Waals surface area (Å²) >= 11 is 0. The average Bonchev–Trinajstić information content (AvgIpc) is 2.72. The first-order chi connectivity index (χ1) is 14.3. The minimum absolute atomic E-state index is 0.0852. The molecule has 0 aliphatic rings. The van der Waals surface area contributed by atoms with Gasteiger partial charge in [-0.25, -0.2) is 13.2 Å². The Kier molecular flexibility index (Phi) is 8.32. The molecule has 0 radical (unpaired) electrons. The van der Waals surface area contributed by atoms with E-state index in [1.54, 1.807) is 32.1 Å². The van der Waals surface area contributed by atoms with Crippen LogP contribution >= 0.6 is 0 Å². The van der Waals surface area contributed by atoms with Crippen LogP contribution in [0.2, 0.25) is 0 Å². The third-order valence-corrected chi connectivity index (χ3v) is 6.34. The molecule has 0 spiro atoms. The minimum atomic E-state index is -3.63. The Balaban J connectivity index is 1.93. The molecular formula is C22H26N2O5S. The Morgan fingerprint density at radius 2 is 1.73 bits per heavy atom. The van der Waals surface area contributed by atoms with E-state index in [0.717, 1.165) is 11.1 Å². The van der Waals surface area contributed by atoms with Crippen molar-refractivity contribution in [2.75, 3.05) is 25.0 Å². The molecule has 30 heavy (non-hydrogen) atoms. The zero-order chi connectivity index (χ0) is 22.1. The van der Waals surface area contributed by atoms with E-state index in [1.807, 2.05) is 31.2 Å². The largest absolute Gasteiger partial charge is 0.452 e. The van der Waals surface area contributed by atoms with Gasteiger partial charge in [-0.15, -0.1) is 0 Å². The van der Waals surface area contributed by atoms with E-state index in [1.165, 1.54) is 22.5 Å². The summed E-state index contributed by atoms with van der Waals surface area (Å²) in [6.07, 6.45) is 2.84. The van der Waals surface area contributed by atoms with Gasteiger partial charge in [0.25, 0.3) is 5.91 Å². The SMILES string of the molecule is CCN(CC)S(=O)(=O)c1cccc(NC(=O)COC(=O)/C=C/c2ccc(C)cc2)c1. The van der Waals surface area contributed by atoms with Crippen LogP contribution < -0.4 is 5.32 Å². The summed E-state index contributed by atoms with van der Waals surface area (Å²) in [6, 6.07) is 13.5. The Morgan fingerprint density at radius 1 is 1.07 bits per heavy atom. The Morgan fingerprint density at radius 3 is 2.37 bits per heavy atom. The first-order valence-corrected chi connectivity index (χ1v) is 11.0. The van der Waals surface area contributed by atoms with Crippen LogP contribution in [0.5, 0.6) is 0 Å². The molecule has 2 rings (SSSR count). The van der Waals surface area contributed by atoms with Gasteiger partial charge in [0.15, 0.2) is 6.61 Å². The molecule has 2 aromatic carbocycles. The number of carbonyl (C=O) groups excluding carboxylic acids is 2. The van der Waals surface area contributed by atoms with Gasteiger partial charge in [-0.2, -0.15) is 4.31 Å². The maximum Gasteiger partial charge on any atom is 0.331 e. The van der Waals surface area contributed by atoms with Gasteiger partial charge in [0.2, 0.25) is 10.0 Å². The molecule has 0 unspecified atom stereocenters. The third-order valence-electron chi connectivity index (χ3n) is 4.30. The summed E-state index contributed by atoms with van der Waals surface area (Å²) < 4.78 is 31.4. The fourth-order valence-corrected chi connectivity index (χ4v) is 4.18. The van der Waals surface area contributed by atoms with Crippen molar-refractivity contribution in [1.82, 2.24) is 4.31 Å². The first kappa shape index (κ1) is 23.3. The second-order valence-corrected chi connectivity index (χ2v) is 8.45. The number of hydrogen-bond acceptors (Lipinski definition) is 5. The lowest BCUT2D eigenvalue weighted by Gasteiger charge is -2.18. The monoisotopic (exact) mass is 430 g/mol. The number of sulfonamides is 1. The number of benzene rings is 2. The van der Waals surface area contributed by atoms with Crippen LogP contribution in [-0.2, 0) is 24.3 Å². The normalized spacial score (nSPS) is 11.6. The molecule has 0 aromatic heterocycles. The van der Waals surface area contributed by atoms with Crippen LogP contribution in [0.1, 0.15) is 25.0 Å². The number of carbonyl (C=O) groups is 2. The van der Waals surface area contributed by atoms with Crippen LogP contribution in [0.4, 0.5) is 5.69 Å². The quantitative estimate of drug-likeness (QED) is 0.487. The highest BCUT2D eigenvalue weighted by Crippen LogP contribution is 2.19. The van der Waals surface area contributed by atoms with Crippen molar-refractivity contribution in [3.63, 3.8) is 0 Å². The van der Waals surface area contributed by atoms with Gasteiger partial charge in [0.1, 0.15) is 0 Å². The molecule has 0 saturated heterocycles. The van der Waals surface area contributed by atoms with Crippen LogP contribution in [-0.4, -0.2) is 44.3 Å². The highest BCUT2D eigenvalue weighted by Gasteiger charge is 2.21. The zero-order valence-corrected chi connectivity index (χ0v) is 18.1. The molecule has 1 amide bonds. The molecule has 2 aromatic rings. The number of ether oxygens (including phenoxy) is 1. The average molecular weight is 431 g/mol. The maximum atomic E-state index is 12.6. The molecule has 0 atom stereocenters. The van der Waals surface area contributed by atoms with E-state index in [4.69, 9.17) is 4.74 Å². The summed E-state index contributed by atoms with van der Waals surface area (Å²) in [5.74, 6) is -1.21. The van der Waals surface area contributed by atoms with E-state index in [9.17, 15) is 18.0 Å². The minimum Gasteiger partial charge on any atom is -0.452 e. The highest BCUT2D eigenvalue weighted by molar-refractivity contribution is 7.89. The molecule has 7 nitrogen and oxygen atoms in total. The van der Waals surface area contributed by atoms with Crippen molar-refractivity contribution < 1.29 is 22.7 Å². The van der Waals surface area contributed by atoms with E-state index in [0.29, 0.717) is 18.8 Å². The summed E-state index contributed by atoms with van der Waals surface area (Å²) in [5, 5.41) is 2.54. The van der Waals surface area contributed by atoms with E-state index < -0.39 is 28.5 Å². The zero-order valence-electron chi connectivity index (χ0n) is 17.3. The summed E-state index contributed by atoms with van der Waals surface area (Å²) in [4.78, 5) is 23.9. The summed E-state index contributed by atoms with van der Waals surface area (Å²) in [7, 11) is -3.63. The molecule has 1 N–H and O–H groups in total. The number of nitrogens with one attached hydrogen (secondary N) is 1. The summed E-state index contributed by atoms with van der Waals surface area (Å²) in [5.41, 5.74) is 2.26. The second kappa shape index (κ2) is 10.7. The van der Waals surface area contributed by atoms with Gasteiger partial charge < -0.3 is 10.1 Å². The van der Waals surface area contributed by atoms with Crippen LogP contribution in [0.3, 0.4) is 0 Å². The number of rotatable bonds is 9. The van der Waals surface area contributed by atoms with Gasteiger partial charge in [0, 0.05) is 24.9 Å². The lowest BCUT2D eigenvalue weighted by Crippen LogP contribution is -2.30. The van der Waals surface area contributed by atoms with Gasteiger partial charge in [-0.1, -0.05) is 49.7 Å². The van der Waals surface area contributed by atoms with Crippen molar-refractivity contribution in [3.05, 3.63) is 65.7 Å². The highest BCUT2D eigenvalue weighted by atomic mass is 32.2. The van der Waals surface area contributed by atoms with Crippen molar-refractivity contribution >= 4 is 33.7 Å². The molecule has 0 aliphatic carbocycles. The number of nitrogens with zero attached hydrogens (tertiary/aromatic N) is 1. The fraction of sp³-hybridized carbons (Fsp3) is 0.273. The van der Waals surface area contributed by atoms with E-state index in [2.05, 4.69) is 5.32 Å². The maximum absolute atomic E-state index is 12.6. The standard InChI is InChI=1S/C22H26N2O5S/c1-4-24(5-2)30(27,28)20-8-6-7-19(15-20)23-21(25)16-29-22(26)14-13-18-11-9-17(3)10-12-18/h6-15H,4-5,16H2,1-3H3,(H,23,25)/b14-13+. The topological polar surface area (TPSA) is 92.8 Å². The lowest BCUT2D eigenvalue weighted by molar-refractivity contribution is -0.142. The van der Waals surface area contributed by atoms with Crippen molar-refractivity contribution in [1.29, 1.82) is 0 Å². The Labute approximate surface area is 177 Å². The third kappa shape index (κ3) is 6.53. The summed E-state index contributed by atoms with van der Waals surface area (Å²) in [6.45, 7) is 5.70. The van der Waals surface area contributed by atoms with Gasteiger partial charge in [0.05, 0.1) is 4.90 Å². The van der Waals surface area contributed by atoms with Crippen molar-refractivity contribution in [2.45, 2.75) is 25.7 Å². The fourth-order valence-electron chi connectivity index (χ4n) is 2.67. The van der Waals surface area contributed by atoms with Gasteiger partial charge in [-0.3, -0.25) is 4.79 Å². The molecule has 0 saturated carbocycles. The first-order valence-electron chi connectivity index (χ1n) is 9.57. The molecule has 160 valence electrons. The number of aryl methyl sites for hydroxylation is 1. The number of anilines is 1. The second-order valence-electron chi connectivity index (χ2n) is 6.52. The van der Waals surface area contributed by atoms with E-state index >= 15 is 0 Å². The Hall–Kier alpha value is -2.97. The molecule has 0 heterocycles. The molecule has 0 aliphatic heterocycles. The van der Waals surface area contributed by atoms with Crippen LogP contribution in [0.15, 0.2) is 59.5 Å². The molecule has 0 bridgehead atoms. The van der Waals surface area contributed by atoms with Crippen molar-refractivity contribution in [2.24, 2.45) is 0 Å². The predicted octanol–water partition coefficient (Wildman–Crippen LogP) is 3.22. The predicted molar refractivity (Wildman–Crippen MR) is 116 cm³/mol. The lowest BCUT2D eigenvalue weighted by atomic mass is 10.1. The smallest absolute Gasteiger partial charge is 0.331 e. The van der Waals surface area contributed by atoms with Crippen LogP contribution in [0.25, 0.3) is 6.08 Å². The molecular weight excluding hydrogens is 404 g/mol. The number of hydrogen-bond donors (Lipinski definition) is 1. The number of esters is 1. The van der Waals surface area contributed by atoms with Gasteiger partial charge in [-0.05, 0) is 36.8 Å². The van der Waals surface area contributed by atoms with E-state index in [-0.39, 0.29) is 4.90 Å². The van der Waals surface area contributed by atoms with Gasteiger partial charge >= 0.3 is 5.97 Å². The Bertz CT molecular complexity index is 1010. The number of amides is 1. The molecule has 8 heteroatoms.